The molecule has 176 valence electrons. The average molecular weight is 496 g/mol. The Hall–Kier alpha value is -4.57. The van der Waals surface area contributed by atoms with Gasteiger partial charge in [0.1, 0.15) is 23.7 Å². The molecule has 0 aliphatic carbocycles. The third-order valence-corrected chi connectivity index (χ3v) is 5.29. The fraction of sp³-hybridized carbons (Fsp3) is 0.0417. The SMILES string of the molecule is O=C1NC(=O)N(c2ccc([N+](=O)[O-])cc2)C(=O)C1=Cc1ccc(OCc2ccc(F)cc2)c(Cl)c1. The number of anilines is 1. The molecule has 0 spiro atoms. The van der Waals surface area contributed by atoms with Crippen LogP contribution in [0.4, 0.5) is 20.6 Å². The summed E-state index contributed by atoms with van der Waals surface area (Å²) < 4.78 is 18.7. The van der Waals surface area contributed by atoms with E-state index in [1.54, 1.807) is 24.3 Å². The molecule has 4 amide bonds. The number of amides is 4. The second-order valence-electron chi connectivity index (χ2n) is 7.34. The van der Waals surface area contributed by atoms with E-state index in [1.165, 1.54) is 36.4 Å². The summed E-state index contributed by atoms with van der Waals surface area (Å²) in [4.78, 5) is 48.5. The van der Waals surface area contributed by atoms with Crippen LogP contribution in [0.25, 0.3) is 6.08 Å². The summed E-state index contributed by atoms with van der Waals surface area (Å²) in [6.45, 7) is 0.146. The molecule has 1 N–H and O–H groups in total. The summed E-state index contributed by atoms with van der Waals surface area (Å²) in [5, 5.41) is 13.1. The maximum atomic E-state index is 13.0. The molecule has 11 heteroatoms. The number of non-ortho nitro benzene ring substituents is 1. The van der Waals surface area contributed by atoms with E-state index in [0.29, 0.717) is 16.2 Å². The number of ether oxygens (including phenoxy) is 1. The number of carbonyl (C=O) groups excluding carboxylic acids is 3. The maximum Gasteiger partial charge on any atom is 0.335 e. The molecular formula is C24H15ClFN3O6. The van der Waals surface area contributed by atoms with Crippen molar-refractivity contribution in [3.8, 4) is 5.75 Å². The average Bonchev–Trinajstić information content (AvgIpc) is 2.82. The lowest BCUT2D eigenvalue weighted by molar-refractivity contribution is -0.384. The number of nitro groups is 1. The number of hydrogen-bond acceptors (Lipinski definition) is 6. The number of benzene rings is 3. The Bertz CT molecular complexity index is 1370. The zero-order valence-corrected chi connectivity index (χ0v) is 18.5. The molecule has 1 heterocycles. The molecule has 35 heavy (non-hydrogen) atoms. The van der Waals surface area contributed by atoms with E-state index >= 15 is 0 Å². The Labute approximate surface area is 202 Å². The minimum Gasteiger partial charge on any atom is -0.487 e. The van der Waals surface area contributed by atoms with Gasteiger partial charge in [0.2, 0.25) is 0 Å². The molecule has 0 unspecified atom stereocenters. The van der Waals surface area contributed by atoms with Crippen molar-refractivity contribution in [2.24, 2.45) is 0 Å². The van der Waals surface area contributed by atoms with Crippen LogP contribution in [0.5, 0.6) is 5.75 Å². The summed E-state index contributed by atoms with van der Waals surface area (Å²) in [5.74, 6) is -1.83. The van der Waals surface area contributed by atoms with Crippen molar-refractivity contribution in [1.82, 2.24) is 5.32 Å². The predicted octanol–water partition coefficient (Wildman–Crippen LogP) is 4.63. The van der Waals surface area contributed by atoms with E-state index in [0.717, 1.165) is 17.7 Å². The maximum absolute atomic E-state index is 13.0. The van der Waals surface area contributed by atoms with E-state index in [1.807, 2.05) is 0 Å². The lowest BCUT2D eigenvalue weighted by Crippen LogP contribution is -2.54. The van der Waals surface area contributed by atoms with Gasteiger partial charge in [-0.3, -0.25) is 25.0 Å². The van der Waals surface area contributed by atoms with E-state index in [-0.39, 0.29) is 34.4 Å². The monoisotopic (exact) mass is 495 g/mol. The minimum atomic E-state index is -0.978. The summed E-state index contributed by atoms with van der Waals surface area (Å²) in [6, 6.07) is 14.1. The first-order valence-electron chi connectivity index (χ1n) is 10.1. The molecular weight excluding hydrogens is 481 g/mol. The first-order valence-corrected chi connectivity index (χ1v) is 10.4. The highest BCUT2D eigenvalue weighted by Gasteiger charge is 2.37. The van der Waals surface area contributed by atoms with Gasteiger partial charge in [-0.15, -0.1) is 0 Å². The first kappa shape index (κ1) is 23.6. The number of nitrogens with one attached hydrogen (secondary N) is 1. The molecule has 1 aliphatic rings. The van der Waals surface area contributed by atoms with Gasteiger partial charge in [-0.25, -0.2) is 14.1 Å². The van der Waals surface area contributed by atoms with E-state index in [9.17, 15) is 28.9 Å². The number of imide groups is 2. The van der Waals surface area contributed by atoms with Crippen LogP contribution >= 0.6 is 11.6 Å². The molecule has 3 aromatic carbocycles. The van der Waals surface area contributed by atoms with Gasteiger partial charge in [-0.05, 0) is 53.6 Å². The zero-order valence-electron chi connectivity index (χ0n) is 17.7. The number of barbiturate groups is 1. The third kappa shape index (κ3) is 5.17. The summed E-state index contributed by atoms with van der Waals surface area (Å²) in [6.07, 6.45) is 1.26. The number of rotatable bonds is 6. The topological polar surface area (TPSA) is 119 Å². The van der Waals surface area contributed by atoms with Crippen LogP contribution < -0.4 is 15.0 Å². The van der Waals surface area contributed by atoms with Gasteiger partial charge in [0.25, 0.3) is 17.5 Å². The van der Waals surface area contributed by atoms with Crippen molar-refractivity contribution in [2.45, 2.75) is 6.61 Å². The van der Waals surface area contributed by atoms with Gasteiger partial charge < -0.3 is 4.74 Å². The molecule has 1 saturated heterocycles. The molecule has 0 bridgehead atoms. The highest BCUT2D eigenvalue weighted by molar-refractivity contribution is 6.39. The molecule has 0 radical (unpaired) electrons. The standard InChI is InChI=1S/C24H15ClFN3O6/c25-20-12-15(3-10-21(20)35-13-14-1-4-16(26)5-2-14)11-19-22(30)27-24(32)28(23(19)31)17-6-8-18(9-7-17)29(33)34/h1-12H,13H2,(H,27,30,32). The van der Waals surface area contributed by atoms with Gasteiger partial charge >= 0.3 is 6.03 Å². The molecule has 3 aromatic rings. The fourth-order valence-corrected chi connectivity index (χ4v) is 3.49. The summed E-state index contributed by atoms with van der Waals surface area (Å²) in [7, 11) is 0. The Kier molecular flexibility index (Phi) is 6.56. The lowest BCUT2D eigenvalue weighted by atomic mass is 10.1. The van der Waals surface area contributed by atoms with Crippen LogP contribution in [-0.4, -0.2) is 22.8 Å². The number of carbonyl (C=O) groups is 3. The van der Waals surface area contributed by atoms with Gasteiger partial charge in [-0.1, -0.05) is 29.8 Å². The quantitative estimate of drug-likeness (QED) is 0.230. The van der Waals surface area contributed by atoms with Crippen molar-refractivity contribution < 1.29 is 28.4 Å². The second kappa shape index (κ2) is 9.74. The van der Waals surface area contributed by atoms with Crippen molar-refractivity contribution in [2.75, 3.05) is 4.90 Å². The van der Waals surface area contributed by atoms with Gasteiger partial charge in [0.15, 0.2) is 0 Å². The Morgan fingerprint density at radius 3 is 2.34 bits per heavy atom. The number of halogens is 2. The molecule has 0 saturated carbocycles. The summed E-state index contributed by atoms with van der Waals surface area (Å²) >= 11 is 6.28. The largest absolute Gasteiger partial charge is 0.487 e. The van der Waals surface area contributed by atoms with Crippen LogP contribution in [0.15, 0.2) is 72.3 Å². The zero-order chi connectivity index (χ0) is 25.1. The Balaban J connectivity index is 1.55. The van der Waals surface area contributed by atoms with Crippen LogP contribution in [0.1, 0.15) is 11.1 Å². The molecule has 0 aromatic heterocycles. The molecule has 1 fully saturated rings. The Morgan fingerprint density at radius 1 is 1.03 bits per heavy atom. The van der Waals surface area contributed by atoms with Crippen LogP contribution in [0, 0.1) is 15.9 Å². The number of nitro benzene ring substituents is 1. The summed E-state index contributed by atoms with van der Waals surface area (Å²) in [5.41, 5.74) is 0.620. The number of urea groups is 1. The lowest BCUT2D eigenvalue weighted by Gasteiger charge is -2.26. The normalized spacial score (nSPS) is 14.7. The number of nitrogens with zero attached hydrogens (tertiary/aromatic N) is 2. The van der Waals surface area contributed by atoms with Crippen LogP contribution in [-0.2, 0) is 16.2 Å². The predicted molar refractivity (Wildman–Crippen MR) is 124 cm³/mol. The Morgan fingerprint density at radius 2 is 1.71 bits per heavy atom. The first-order chi connectivity index (χ1) is 16.7. The fourth-order valence-electron chi connectivity index (χ4n) is 3.25. The van der Waals surface area contributed by atoms with Gasteiger partial charge in [0.05, 0.1) is 15.6 Å². The van der Waals surface area contributed by atoms with Crippen molar-refractivity contribution >= 4 is 46.9 Å². The van der Waals surface area contributed by atoms with Crippen LogP contribution in [0.3, 0.4) is 0 Å². The molecule has 1 aliphatic heterocycles. The van der Waals surface area contributed by atoms with Crippen molar-refractivity contribution in [3.05, 3.63) is 104 Å². The highest BCUT2D eigenvalue weighted by Crippen LogP contribution is 2.29. The van der Waals surface area contributed by atoms with E-state index in [4.69, 9.17) is 16.3 Å². The molecule has 0 atom stereocenters. The minimum absolute atomic E-state index is 0.0547. The van der Waals surface area contributed by atoms with E-state index < -0.39 is 22.8 Å². The number of hydrogen-bond donors (Lipinski definition) is 1. The molecule has 9 nitrogen and oxygen atoms in total. The van der Waals surface area contributed by atoms with Gasteiger partial charge in [0, 0.05) is 12.1 Å². The molecule has 4 rings (SSSR count). The second-order valence-corrected chi connectivity index (χ2v) is 7.74. The van der Waals surface area contributed by atoms with Gasteiger partial charge in [-0.2, -0.15) is 0 Å². The smallest absolute Gasteiger partial charge is 0.335 e. The third-order valence-electron chi connectivity index (χ3n) is 4.99. The van der Waals surface area contributed by atoms with Crippen molar-refractivity contribution in [1.29, 1.82) is 0 Å². The highest BCUT2D eigenvalue weighted by atomic mass is 35.5. The van der Waals surface area contributed by atoms with Crippen LogP contribution in [0.2, 0.25) is 5.02 Å². The van der Waals surface area contributed by atoms with E-state index in [2.05, 4.69) is 5.32 Å². The van der Waals surface area contributed by atoms with Crippen molar-refractivity contribution in [3.63, 3.8) is 0 Å².